The van der Waals surface area contributed by atoms with Crippen molar-refractivity contribution in [3.05, 3.63) is 83.7 Å². The highest BCUT2D eigenvalue weighted by molar-refractivity contribution is 5.94. The fraction of sp³-hybridized carbons (Fsp3) is 0.240. The summed E-state index contributed by atoms with van der Waals surface area (Å²) in [7, 11) is 0. The molecule has 1 amide bonds. The number of ether oxygens (including phenoxy) is 1. The smallest absolute Gasteiger partial charge is 0.251 e. The molecule has 1 aliphatic rings. The Kier molecular flexibility index (Phi) is 6.67. The monoisotopic (exact) mass is 417 g/mol. The van der Waals surface area contributed by atoms with Crippen LogP contribution in [0.3, 0.4) is 0 Å². The maximum atomic E-state index is 13.0. The molecule has 158 valence electrons. The van der Waals surface area contributed by atoms with Crippen LogP contribution >= 0.6 is 0 Å². The molecule has 0 fully saturated rings. The van der Waals surface area contributed by atoms with E-state index in [0.29, 0.717) is 29.4 Å². The molecule has 1 heterocycles. The number of hydrogen-bond acceptors (Lipinski definition) is 4. The van der Waals surface area contributed by atoms with Crippen molar-refractivity contribution in [2.75, 3.05) is 6.54 Å². The first-order chi connectivity index (χ1) is 15.2. The maximum Gasteiger partial charge on any atom is 0.251 e. The minimum absolute atomic E-state index is 0.0721. The number of nitrogens with zero attached hydrogens (tertiary/aromatic N) is 2. The van der Waals surface area contributed by atoms with E-state index in [1.165, 1.54) is 42.7 Å². The molecule has 0 radical (unpaired) electrons. The highest BCUT2D eigenvalue weighted by atomic mass is 19.1. The topological polar surface area (TPSA) is 64.1 Å². The van der Waals surface area contributed by atoms with Crippen LogP contribution in [0.25, 0.3) is 11.3 Å². The predicted octanol–water partition coefficient (Wildman–Crippen LogP) is 5.70. The minimum Gasteiger partial charge on any atom is -0.438 e. The van der Waals surface area contributed by atoms with E-state index in [4.69, 9.17) is 4.74 Å². The number of rotatable bonds is 7. The molecule has 0 aliphatic heterocycles. The van der Waals surface area contributed by atoms with E-state index < -0.39 is 0 Å². The van der Waals surface area contributed by atoms with Crippen molar-refractivity contribution >= 4 is 5.91 Å². The van der Waals surface area contributed by atoms with E-state index in [0.717, 1.165) is 24.8 Å². The zero-order valence-electron chi connectivity index (χ0n) is 17.2. The summed E-state index contributed by atoms with van der Waals surface area (Å²) in [4.78, 5) is 12.4. The highest BCUT2D eigenvalue weighted by Crippen LogP contribution is 2.23. The normalized spacial score (nSPS) is 13.4. The van der Waals surface area contributed by atoms with Crippen molar-refractivity contribution in [1.29, 1.82) is 0 Å². The van der Waals surface area contributed by atoms with Crippen LogP contribution in [0.15, 0.2) is 72.3 Å². The quantitative estimate of drug-likeness (QED) is 0.501. The maximum absolute atomic E-state index is 13.0. The summed E-state index contributed by atoms with van der Waals surface area (Å²) < 4.78 is 18.5. The van der Waals surface area contributed by atoms with Gasteiger partial charge in [-0.05, 0) is 74.6 Å². The Hall–Kier alpha value is -3.54. The van der Waals surface area contributed by atoms with Gasteiger partial charge in [-0.3, -0.25) is 4.79 Å². The van der Waals surface area contributed by atoms with Crippen LogP contribution in [-0.2, 0) is 0 Å². The summed E-state index contributed by atoms with van der Waals surface area (Å²) >= 11 is 0. The molecule has 0 saturated heterocycles. The summed E-state index contributed by atoms with van der Waals surface area (Å²) in [5.74, 6) is 0.405. The Morgan fingerprint density at radius 1 is 0.968 bits per heavy atom. The van der Waals surface area contributed by atoms with Gasteiger partial charge in [-0.25, -0.2) is 4.39 Å². The van der Waals surface area contributed by atoms with E-state index in [-0.39, 0.29) is 11.7 Å². The molecule has 31 heavy (non-hydrogen) atoms. The lowest BCUT2D eigenvalue weighted by molar-refractivity contribution is 0.0954. The fourth-order valence-electron chi connectivity index (χ4n) is 3.51. The number of carbonyl (C=O) groups excluding carboxylic acids is 1. The van der Waals surface area contributed by atoms with E-state index >= 15 is 0 Å². The number of carbonyl (C=O) groups is 1. The van der Waals surface area contributed by atoms with Crippen LogP contribution in [0.4, 0.5) is 4.39 Å². The summed E-state index contributed by atoms with van der Waals surface area (Å²) in [6.07, 6.45) is 8.07. The van der Waals surface area contributed by atoms with Gasteiger partial charge in [-0.2, -0.15) is 0 Å². The van der Waals surface area contributed by atoms with Crippen LogP contribution in [0.5, 0.6) is 11.6 Å². The van der Waals surface area contributed by atoms with E-state index in [2.05, 4.69) is 21.6 Å². The largest absolute Gasteiger partial charge is 0.438 e. The number of allylic oxidation sites excluding steroid dienone is 1. The highest BCUT2D eigenvalue weighted by Gasteiger charge is 2.09. The van der Waals surface area contributed by atoms with Gasteiger partial charge in [-0.1, -0.05) is 23.8 Å². The summed E-state index contributed by atoms with van der Waals surface area (Å²) in [5.41, 5.74) is 3.59. The fourth-order valence-corrected chi connectivity index (χ4v) is 3.51. The summed E-state index contributed by atoms with van der Waals surface area (Å²) in [6.45, 7) is 0.660. The molecule has 0 bridgehead atoms. The first-order valence-electron chi connectivity index (χ1n) is 10.5. The average Bonchev–Trinajstić information content (AvgIpc) is 2.82. The van der Waals surface area contributed by atoms with E-state index in [1.807, 2.05) is 12.1 Å². The van der Waals surface area contributed by atoms with Crippen LogP contribution in [0.1, 0.15) is 42.5 Å². The number of halogens is 1. The Morgan fingerprint density at radius 2 is 1.77 bits per heavy atom. The van der Waals surface area contributed by atoms with Gasteiger partial charge in [0, 0.05) is 23.7 Å². The third-order valence-corrected chi connectivity index (χ3v) is 5.24. The lowest BCUT2D eigenvalue weighted by Gasteiger charge is -2.13. The van der Waals surface area contributed by atoms with Crippen LogP contribution < -0.4 is 10.1 Å². The van der Waals surface area contributed by atoms with E-state index in [1.54, 1.807) is 24.3 Å². The Morgan fingerprint density at radius 3 is 2.45 bits per heavy atom. The van der Waals surface area contributed by atoms with Crippen LogP contribution in [0, 0.1) is 5.82 Å². The second-order valence-electron chi connectivity index (χ2n) is 7.50. The number of aromatic nitrogens is 2. The Labute approximate surface area is 181 Å². The lowest BCUT2D eigenvalue weighted by Crippen LogP contribution is -2.24. The van der Waals surface area contributed by atoms with Crippen molar-refractivity contribution in [1.82, 2.24) is 15.5 Å². The molecule has 1 aliphatic carbocycles. The molecule has 6 heteroatoms. The molecule has 0 spiro atoms. The SMILES string of the molecule is O=C(NCCC1=CCCCC1)c1ccc(-c2ccc(Oc3ccc(F)cc3)nn2)cc1. The van der Waals surface area contributed by atoms with Crippen molar-refractivity contribution in [2.45, 2.75) is 32.1 Å². The molecule has 0 atom stereocenters. The van der Waals surface area contributed by atoms with Gasteiger partial charge in [0.15, 0.2) is 0 Å². The lowest BCUT2D eigenvalue weighted by atomic mass is 9.97. The third kappa shape index (κ3) is 5.75. The zero-order valence-corrected chi connectivity index (χ0v) is 17.2. The van der Waals surface area contributed by atoms with Gasteiger partial charge in [0.2, 0.25) is 5.88 Å². The minimum atomic E-state index is -0.326. The number of nitrogens with one attached hydrogen (secondary N) is 1. The first-order valence-corrected chi connectivity index (χ1v) is 10.5. The molecule has 2 aromatic carbocycles. The van der Waals surface area contributed by atoms with Crippen molar-refractivity contribution < 1.29 is 13.9 Å². The van der Waals surface area contributed by atoms with Crippen molar-refractivity contribution in [2.24, 2.45) is 0 Å². The molecular formula is C25H24FN3O2. The zero-order chi connectivity index (χ0) is 21.5. The number of amides is 1. The molecular weight excluding hydrogens is 393 g/mol. The van der Waals surface area contributed by atoms with Gasteiger partial charge >= 0.3 is 0 Å². The molecule has 0 saturated carbocycles. The van der Waals surface area contributed by atoms with Crippen molar-refractivity contribution in [3.63, 3.8) is 0 Å². The van der Waals surface area contributed by atoms with Crippen LogP contribution in [0.2, 0.25) is 0 Å². The van der Waals surface area contributed by atoms with Gasteiger partial charge in [0.25, 0.3) is 5.91 Å². The standard InChI is InChI=1S/C25H24FN3O2/c26-21-10-12-22(13-11-21)31-24-15-14-23(28-29-24)19-6-8-20(9-7-19)25(30)27-17-16-18-4-2-1-3-5-18/h4,6-15H,1-3,5,16-17H2,(H,27,30). The van der Waals surface area contributed by atoms with Crippen LogP contribution in [-0.4, -0.2) is 22.6 Å². The van der Waals surface area contributed by atoms with Gasteiger partial charge < -0.3 is 10.1 Å². The molecule has 5 nitrogen and oxygen atoms in total. The number of hydrogen-bond donors (Lipinski definition) is 1. The molecule has 1 aromatic heterocycles. The molecule has 4 rings (SSSR count). The van der Waals surface area contributed by atoms with Gasteiger partial charge in [0.05, 0.1) is 5.69 Å². The number of benzene rings is 2. The Bertz CT molecular complexity index is 1050. The molecule has 3 aromatic rings. The third-order valence-electron chi connectivity index (χ3n) is 5.24. The predicted molar refractivity (Wildman–Crippen MR) is 117 cm³/mol. The van der Waals surface area contributed by atoms with Crippen molar-refractivity contribution in [3.8, 4) is 22.9 Å². The second-order valence-corrected chi connectivity index (χ2v) is 7.50. The van der Waals surface area contributed by atoms with Gasteiger partial charge in [0.1, 0.15) is 11.6 Å². The molecule has 1 N–H and O–H groups in total. The average molecular weight is 417 g/mol. The Balaban J connectivity index is 1.32. The second kappa shape index (κ2) is 9.98. The first kappa shape index (κ1) is 20.7. The van der Waals surface area contributed by atoms with Gasteiger partial charge in [-0.15, -0.1) is 10.2 Å². The van der Waals surface area contributed by atoms with E-state index in [9.17, 15) is 9.18 Å². The summed E-state index contributed by atoms with van der Waals surface area (Å²) in [5, 5.41) is 11.2. The summed E-state index contributed by atoms with van der Waals surface area (Å²) in [6, 6.07) is 16.5. The molecule has 0 unspecified atom stereocenters.